The fourth-order valence-electron chi connectivity index (χ4n) is 4.26. The van der Waals surface area contributed by atoms with E-state index < -0.39 is 29.5 Å². The van der Waals surface area contributed by atoms with E-state index in [1.165, 1.54) is 18.3 Å². The van der Waals surface area contributed by atoms with Crippen LogP contribution in [-0.2, 0) is 20.9 Å². The summed E-state index contributed by atoms with van der Waals surface area (Å²) < 4.78 is 12.2. The number of likely N-dealkylation sites (tertiary alicyclic amines) is 1. The maximum absolute atomic E-state index is 13.6. The number of amides is 1. The first-order valence-electron chi connectivity index (χ1n) is 10.4. The molecule has 1 amide bonds. The number of esters is 1. The lowest BCUT2D eigenvalue weighted by atomic mass is 9.97. The topological polar surface area (TPSA) is 135 Å². The molecule has 3 aromatic heterocycles. The van der Waals surface area contributed by atoms with Crippen molar-refractivity contribution in [2.45, 2.75) is 32.9 Å². The molecule has 1 saturated heterocycles. The first kappa shape index (κ1) is 22.1. The van der Waals surface area contributed by atoms with E-state index in [1.807, 2.05) is 10.8 Å². The van der Waals surface area contributed by atoms with E-state index in [0.29, 0.717) is 30.0 Å². The van der Waals surface area contributed by atoms with E-state index in [1.54, 1.807) is 38.5 Å². The summed E-state index contributed by atoms with van der Waals surface area (Å²) in [7, 11) is 1.24. The minimum atomic E-state index is -0.945. The summed E-state index contributed by atoms with van der Waals surface area (Å²) in [5.74, 6) is -2.53. The van der Waals surface area contributed by atoms with Crippen molar-refractivity contribution in [3.8, 4) is 0 Å². The molecule has 3 aromatic rings. The van der Waals surface area contributed by atoms with Gasteiger partial charge in [0.1, 0.15) is 29.9 Å². The second-order valence-electron chi connectivity index (χ2n) is 7.81. The van der Waals surface area contributed by atoms with Gasteiger partial charge in [0, 0.05) is 24.2 Å². The van der Waals surface area contributed by atoms with Crippen molar-refractivity contribution in [2.75, 3.05) is 13.7 Å². The second kappa shape index (κ2) is 8.81. The Morgan fingerprint density at radius 3 is 2.76 bits per heavy atom. The fourth-order valence-corrected chi connectivity index (χ4v) is 4.26. The lowest BCUT2D eigenvalue weighted by molar-refractivity contribution is -0.695. The number of H-pyrrole nitrogens is 2. The third-order valence-electron chi connectivity index (χ3n) is 5.81. The van der Waals surface area contributed by atoms with E-state index in [0.717, 1.165) is 0 Å². The summed E-state index contributed by atoms with van der Waals surface area (Å²) in [5.41, 5.74) is 0.883. The Morgan fingerprint density at radius 2 is 2.12 bits per heavy atom. The molecule has 1 atom stereocenters. The van der Waals surface area contributed by atoms with Crippen LogP contribution in [0.5, 0.6) is 0 Å². The number of carbonyl (C=O) groups excluding carboxylic acids is 3. The van der Waals surface area contributed by atoms with Crippen LogP contribution in [0.4, 0.5) is 0 Å². The quantitative estimate of drug-likeness (QED) is 0.180. The molecule has 172 valence electrons. The number of ether oxygens (including phenoxy) is 1. The number of aromatic nitrogens is 3. The zero-order valence-electron chi connectivity index (χ0n) is 18.5. The standard InChI is InChI=1S/C23H24N4O6/c1-13-16(14(2)25-18(13)23(31)32-3)20(28)17-19(15-6-4-11-33-15)27(22(30)21(17)29)9-5-8-26-10-7-24-12-26/h4,6-7,10-12,19H,5,8-9H2,1-3H3,(H2,25,28,29,31). The average molecular weight is 452 g/mol. The molecule has 1 fully saturated rings. The smallest absolute Gasteiger partial charge is 0.354 e. The molecule has 2 N–H and O–H groups in total. The Morgan fingerprint density at radius 1 is 1.33 bits per heavy atom. The van der Waals surface area contributed by atoms with Gasteiger partial charge in [-0.05, 0) is 37.1 Å². The average Bonchev–Trinajstić information content (AvgIpc) is 3.58. The van der Waals surface area contributed by atoms with Crippen LogP contribution in [0, 0.1) is 13.8 Å². The van der Waals surface area contributed by atoms with Crippen molar-refractivity contribution in [3.63, 3.8) is 0 Å². The molecule has 10 nitrogen and oxygen atoms in total. The number of furan rings is 1. The van der Waals surface area contributed by atoms with Crippen LogP contribution in [0.3, 0.4) is 0 Å². The lowest BCUT2D eigenvalue weighted by Gasteiger charge is -2.25. The number of Topliss-reactive ketones (excluding diaryl/α,β-unsaturated/α-hetero) is 1. The second-order valence-corrected chi connectivity index (χ2v) is 7.81. The Hall–Kier alpha value is -4.08. The molecule has 0 saturated carbocycles. The molecular weight excluding hydrogens is 428 g/mol. The number of aryl methyl sites for hydroxylation is 2. The molecule has 1 unspecified atom stereocenters. The Bertz CT molecular complexity index is 1220. The van der Waals surface area contributed by atoms with E-state index in [4.69, 9.17) is 9.15 Å². The number of ketones is 1. The third-order valence-corrected chi connectivity index (χ3v) is 5.81. The van der Waals surface area contributed by atoms with Gasteiger partial charge >= 0.3 is 5.97 Å². The molecule has 4 heterocycles. The minimum Gasteiger partial charge on any atom is -0.872 e. The highest BCUT2D eigenvalue weighted by Gasteiger charge is 2.45. The molecular formula is C23H24N4O6. The largest absolute Gasteiger partial charge is 0.872 e. The summed E-state index contributed by atoms with van der Waals surface area (Å²) in [6.45, 7) is 4.10. The predicted octanol–water partition coefficient (Wildman–Crippen LogP) is 0.941. The van der Waals surface area contributed by atoms with Gasteiger partial charge in [0.25, 0.3) is 5.91 Å². The van der Waals surface area contributed by atoms with Crippen LogP contribution in [0.15, 0.2) is 47.1 Å². The van der Waals surface area contributed by atoms with Crippen LogP contribution in [0.2, 0.25) is 0 Å². The molecule has 4 rings (SSSR count). The van der Waals surface area contributed by atoms with Gasteiger partial charge in [-0.15, -0.1) is 0 Å². The SMILES string of the molecule is COC(=O)c1[nH]c(C)c(/C([O-])=C2\C(=O)C(=O)N(CCC[n+]3cc[nH]c3)C2c2ccco2)c1C. The maximum atomic E-state index is 13.6. The van der Waals surface area contributed by atoms with Crippen molar-refractivity contribution >= 4 is 23.4 Å². The van der Waals surface area contributed by atoms with Gasteiger partial charge < -0.3 is 24.1 Å². The Balaban J connectivity index is 1.75. The van der Waals surface area contributed by atoms with Crippen molar-refractivity contribution in [1.82, 2.24) is 14.9 Å². The first-order valence-corrected chi connectivity index (χ1v) is 10.4. The first-order chi connectivity index (χ1) is 15.8. The molecule has 1 aliphatic rings. The van der Waals surface area contributed by atoms with Crippen LogP contribution in [0.1, 0.15) is 45.5 Å². The number of imidazole rings is 1. The van der Waals surface area contributed by atoms with Crippen LogP contribution >= 0.6 is 0 Å². The van der Waals surface area contributed by atoms with Crippen LogP contribution in [0.25, 0.3) is 5.76 Å². The Kier molecular flexibility index (Phi) is 5.91. The number of hydrogen-bond donors (Lipinski definition) is 2. The van der Waals surface area contributed by atoms with Gasteiger partial charge in [0.15, 0.2) is 0 Å². The van der Waals surface area contributed by atoms with Gasteiger partial charge in [-0.2, -0.15) is 0 Å². The normalized spacial score (nSPS) is 17.7. The van der Waals surface area contributed by atoms with Crippen LogP contribution in [-0.4, -0.2) is 46.2 Å². The van der Waals surface area contributed by atoms with Gasteiger partial charge in [0.05, 0.1) is 19.9 Å². The molecule has 1 aliphatic heterocycles. The number of nitrogens with one attached hydrogen (secondary N) is 2. The number of methoxy groups -OCH3 is 1. The molecule has 0 aliphatic carbocycles. The summed E-state index contributed by atoms with van der Waals surface area (Å²) in [6.07, 6.45) is 7.43. The molecule has 33 heavy (non-hydrogen) atoms. The monoisotopic (exact) mass is 452 g/mol. The molecule has 0 aromatic carbocycles. The van der Waals surface area contributed by atoms with E-state index in [9.17, 15) is 19.5 Å². The highest BCUT2D eigenvalue weighted by molar-refractivity contribution is 6.46. The molecule has 0 spiro atoms. The zero-order chi connectivity index (χ0) is 23.7. The summed E-state index contributed by atoms with van der Waals surface area (Å²) >= 11 is 0. The van der Waals surface area contributed by atoms with E-state index >= 15 is 0 Å². The van der Waals surface area contributed by atoms with Gasteiger partial charge in [-0.25, -0.2) is 9.36 Å². The van der Waals surface area contributed by atoms with Crippen LogP contribution < -0.4 is 9.67 Å². The summed E-state index contributed by atoms with van der Waals surface area (Å²) in [6, 6.07) is 2.33. The van der Waals surface area contributed by atoms with Crippen molar-refractivity contribution in [3.05, 3.63) is 71.0 Å². The van der Waals surface area contributed by atoms with Gasteiger partial charge in [-0.1, -0.05) is 5.76 Å². The van der Waals surface area contributed by atoms with Gasteiger partial charge in [0.2, 0.25) is 12.1 Å². The predicted molar refractivity (Wildman–Crippen MR) is 112 cm³/mol. The molecule has 0 bridgehead atoms. The van der Waals surface area contributed by atoms with Crippen molar-refractivity contribution < 1.29 is 33.2 Å². The molecule has 10 heteroatoms. The zero-order valence-corrected chi connectivity index (χ0v) is 18.5. The van der Waals surface area contributed by atoms with Gasteiger partial charge in [-0.3, -0.25) is 14.6 Å². The number of nitrogens with zero attached hydrogens (tertiary/aromatic N) is 2. The summed E-state index contributed by atoms with van der Waals surface area (Å²) in [4.78, 5) is 45.2. The molecule has 0 radical (unpaired) electrons. The number of carbonyl (C=O) groups is 3. The summed E-state index contributed by atoms with van der Waals surface area (Å²) in [5, 5.41) is 13.6. The number of hydrogen-bond acceptors (Lipinski definition) is 6. The maximum Gasteiger partial charge on any atom is 0.354 e. The van der Waals surface area contributed by atoms with E-state index in [-0.39, 0.29) is 23.4 Å². The third kappa shape index (κ3) is 3.84. The van der Waals surface area contributed by atoms with Crippen molar-refractivity contribution in [1.29, 1.82) is 0 Å². The minimum absolute atomic E-state index is 0.130. The number of rotatable bonds is 7. The highest BCUT2D eigenvalue weighted by atomic mass is 16.5. The number of aromatic amines is 2. The fraction of sp³-hybridized carbons (Fsp3) is 0.304. The van der Waals surface area contributed by atoms with E-state index in [2.05, 4.69) is 9.97 Å². The van der Waals surface area contributed by atoms with Crippen molar-refractivity contribution in [2.24, 2.45) is 0 Å². The lowest BCUT2D eigenvalue weighted by Crippen LogP contribution is -2.36. The highest BCUT2D eigenvalue weighted by Crippen LogP contribution is 2.40. The Labute approximate surface area is 189 Å².